The third-order valence-corrected chi connectivity index (χ3v) is 16.4. The van der Waals surface area contributed by atoms with E-state index in [1.54, 1.807) is 7.11 Å². The Morgan fingerprint density at radius 1 is 1.00 bits per heavy atom. The number of carbonyl (C=O) groups is 1. The van der Waals surface area contributed by atoms with Crippen molar-refractivity contribution in [3.05, 3.63) is 0 Å². The number of methoxy groups -OCH3 is 1. The molecular weight excluding hydrogens is 606 g/mol. The second-order valence-electron chi connectivity index (χ2n) is 19.1. The molecule has 5 aliphatic carbocycles. The first-order valence-electron chi connectivity index (χ1n) is 19.7. The van der Waals surface area contributed by atoms with Crippen LogP contribution in [0.25, 0.3) is 0 Å². The van der Waals surface area contributed by atoms with E-state index >= 15 is 0 Å². The fourth-order valence-corrected chi connectivity index (χ4v) is 13.6. The molecule has 48 heavy (non-hydrogen) atoms. The number of nitrogens with zero attached hydrogens (tertiary/aromatic N) is 1. The molecule has 1 N–H and O–H groups in total. The summed E-state index contributed by atoms with van der Waals surface area (Å²) in [6, 6.07) is 0.525. The average molecular weight is 674 g/mol. The Morgan fingerprint density at radius 2 is 1.73 bits per heavy atom. The van der Waals surface area contributed by atoms with Gasteiger partial charge in [0, 0.05) is 25.5 Å². The molecule has 2 saturated heterocycles. The van der Waals surface area contributed by atoms with Gasteiger partial charge in [0.15, 0.2) is 6.29 Å². The van der Waals surface area contributed by atoms with E-state index in [4.69, 9.17) is 23.7 Å². The van der Waals surface area contributed by atoms with Gasteiger partial charge in [0.05, 0.1) is 50.7 Å². The Kier molecular flexibility index (Phi) is 9.44. The number of morpholine rings is 1. The largest absolute Gasteiger partial charge is 0.463 e. The first-order valence-corrected chi connectivity index (χ1v) is 19.7. The van der Waals surface area contributed by atoms with Crippen LogP contribution >= 0.6 is 0 Å². The zero-order valence-electron chi connectivity index (χ0n) is 31.4. The summed E-state index contributed by atoms with van der Waals surface area (Å²) in [5.41, 5.74) is 0.826. The number of esters is 1. The Hall–Kier alpha value is -0.770. The molecule has 0 radical (unpaired) electrons. The van der Waals surface area contributed by atoms with Gasteiger partial charge in [-0.1, -0.05) is 48.5 Å². The lowest BCUT2D eigenvalue weighted by Gasteiger charge is -2.64. The maximum Gasteiger partial charge on any atom is 0.306 e. The molecule has 12 atom stereocenters. The monoisotopic (exact) mass is 673 g/mol. The summed E-state index contributed by atoms with van der Waals surface area (Å²) in [5.74, 6) is 2.17. The summed E-state index contributed by atoms with van der Waals surface area (Å²) in [4.78, 5) is 14.8. The van der Waals surface area contributed by atoms with Gasteiger partial charge in [0.25, 0.3) is 0 Å². The fraction of sp³-hybridized carbons (Fsp3) is 0.975. The molecule has 2 aliphatic heterocycles. The van der Waals surface area contributed by atoms with Crippen LogP contribution in [-0.2, 0) is 28.5 Å². The number of hydrogen-bond donors (Lipinski definition) is 1. The molecular formula is C40H67NO7. The van der Waals surface area contributed by atoms with E-state index in [1.165, 1.54) is 38.5 Å². The van der Waals surface area contributed by atoms with Crippen molar-refractivity contribution in [2.75, 3.05) is 46.6 Å². The zero-order valence-corrected chi connectivity index (χ0v) is 31.4. The van der Waals surface area contributed by atoms with E-state index in [2.05, 4.69) is 39.5 Å². The predicted molar refractivity (Wildman–Crippen MR) is 184 cm³/mol. The first-order chi connectivity index (χ1) is 22.7. The molecule has 2 spiro atoms. The van der Waals surface area contributed by atoms with Crippen molar-refractivity contribution in [2.45, 2.75) is 143 Å². The highest BCUT2D eigenvalue weighted by Crippen LogP contribution is 2.89. The Morgan fingerprint density at radius 3 is 2.42 bits per heavy atom. The van der Waals surface area contributed by atoms with E-state index in [9.17, 15) is 9.90 Å². The highest BCUT2D eigenvalue weighted by molar-refractivity contribution is 5.69. The molecule has 2 heterocycles. The number of hydrogen-bond acceptors (Lipinski definition) is 8. The van der Waals surface area contributed by atoms with Crippen LogP contribution in [0, 0.1) is 56.7 Å². The fourth-order valence-electron chi connectivity index (χ4n) is 13.6. The second kappa shape index (κ2) is 12.7. The minimum absolute atomic E-state index is 0.0798. The first kappa shape index (κ1) is 35.6. The van der Waals surface area contributed by atoms with Gasteiger partial charge in [-0.25, -0.2) is 0 Å². The van der Waals surface area contributed by atoms with Crippen LogP contribution in [0.1, 0.15) is 113 Å². The minimum Gasteiger partial charge on any atom is -0.463 e. The van der Waals surface area contributed by atoms with Gasteiger partial charge in [0.2, 0.25) is 0 Å². The van der Waals surface area contributed by atoms with E-state index in [0.717, 1.165) is 52.2 Å². The maximum atomic E-state index is 12.3. The molecule has 0 aromatic heterocycles. The average Bonchev–Trinajstić information content (AvgIpc) is 3.62. The summed E-state index contributed by atoms with van der Waals surface area (Å²) in [5, 5.41) is 12.1. The van der Waals surface area contributed by atoms with Gasteiger partial charge >= 0.3 is 5.97 Å². The molecule has 7 rings (SSSR count). The van der Waals surface area contributed by atoms with Crippen LogP contribution < -0.4 is 0 Å². The van der Waals surface area contributed by atoms with Gasteiger partial charge in [0.1, 0.15) is 6.61 Å². The molecule has 7 unspecified atom stereocenters. The van der Waals surface area contributed by atoms with Crippen molar-refractivity contribution in [1.82, 2.24) is 4.90 Å². The van der Waals surface area contributed by atoms with E-state index in [0.29, 0.717) is 53.6 Å². The Labute approximate surface area is 290 Å². The molecule has 0 bridgehead atoms. The summed E-state index contributed by atoms with van der Waals surface area (Å²) < 4.78 is 30.1. The van der Waals surface area contributed by atoms with Crippen LogP contribution in [0.2, 0.25) is 0 Å². The number of rotatable bonds is 11. The third-order valence-electron chi connectivity index (χ3n) is 16.4. The van der Waals surface area contributed by atoms with Gasteiger partial charge in [-0.3, -0.25) is 9.69 Å². The van der Waals surface area contributed by atoms with Crippen molar-refractivity contribution in [3.8, 4) is 0 Å². The van der Waals surface area contributed by atoms with Gasteiger partial charge in [-0.05, 0) is 109 Å². The lowest BCUT2D eigenvalue weighted by atomic mass is 9.41. The zero-order chi connectivity index (χ0) is 34.3. The van der Waals surface area contributed by atoms with Gasteiger partial charge < -0.3 is 28.8 Å². The van der Waals surface area contributed by atoms with Crippen molar-refractivity contribution < 1.29 is 33.6 Å². The van der Waals surface area contributed by atoms with Crippen LogP contribution in [-0.4, -0.2) is 93.2 Å². The molecule has 0 amide bonds. The van der Waals surface area contributed by atoms with Crippen LogP contribution in [0.5, 0.6) is 0 Å². The molecule has 0 aromatic rings. The predicted octanol–water partition coefficient (Wildman–Crippen LogP) is 6.47. The molecule has 5 saturated carbocycles. The summed E-state index contributed by atoms with van der Waals surface area (Å²) in [7, 11) is 1.74. The topological polar surface area (TPSA) is 86.7 Å². The highest BCUT2D eigenvalue weighted by atomic mass is 16.7. The van der Waals surface area contributed by atoms with Crippen molar-refractivity contribution in [1.29, 1.82) is 0 Å². The highest BCUT2D eigenvalue weighted by Gasteiger charge is 2.83. The smallest absolute Gasteiger partial charge is 0.306 e. The molecule has 8 heteroatoms. The van der Waals surface area contributed by atoms with Crippen LogP contribution in [0.4, 0.5) is 0 Å². The van der Waals surface area contributed by atoms with E-state index in [-0.39, 0.29) is 52.7 Å². The SMILES string of the molecule is COC(COC(=O)CC(C)C)C[C@@H](C)[C@H]1C[C@H](O)[C@@]2(C)C3CC[C@H]4C(C)(C)C(OC5CN(C6COC6)CCO5)CCC45CC35CCC12C. The summed E-state index contributed by atoms with van der Waals surface area (Å²) >= 11 is 0. The minimum atomic E-state index is -0.281. The third kappa shape index (κ3) is 5.38. The summed E-state index contributed by atoms with van der Waals surface area (Å²) in [6.45, 7) is 21.0. The molecule has 7 aliphatic rings. The van der Waals surface area contributed by atoms with Crippen molar-refractivity contribution in [3.63, 3.8) is 0 Å². The molecule has 0 aromatic carbocycles. The molecule has 8 nitrogen and oxygen atoms in total. The van der Waals surface area contributed by atoms with Gasteiger partial charge in [-0.2, -0.15) is 0 Å². The van der Waals surface area contributed by atoms with E-state index in [1.807, 2.05) is 13.8 Å². The quantitative estimate of drug-likeness (QED) is 0.250. The normalized spacial score (nSPS) is 46.5. The van der Waals surface area contributed by atoms with Crippen LogP contribution in [0.15, 0.2) is 0 Å². The van der Waals surface area contributed by atoms with E-state index < -0.39 is 0 Å². The standard InChI is InChI=1S/C40H67NO7/c1-25(2)17-34(43)47-23-28(44-8)18-26(3)29-19-32(42)38(7)31-10-9-30-36(4,5)33(48-35-20-41(15-16-46-35)27-21-45-22-27)11-12-39(30)24-40(31,39)14-13-37(29,38)6/h25-33,35,42H,9-24H2,1-8H3/t26-,28?,29-,30+,31?,32+,33?,35?,37?,38-,39?,40?/m1/s1. The van der Waals surface area contributed by atoms with Gasteiger partial charge in [-0.15, -0.1) is 0 Å². The summed E-state index contributed by atoms with van der Waals surface area (Å²) in [6.07, 6.45) is 10.5. The molecule has 274 valence electrons. The number of aliphatic hydroxyl groups excluding tert-OH is 1. The van der Waals surface area contributed by atoms with Crippen molar-refractivity contribution >= 4 is 5.97 Å². The Bertz CT molecular complexity index is 1190. The Balaban J connectivity index is 1.03. The lowest BCUT2D eigenvalue weighted by molar-refractivity contribution is -0.256. The molecule has 7 fully saturated rings. The number of fused-ring (bicyclic) bond motifs is 2. The second-order valence-corrected chi connectivity index (χ2v) is 19.1. The maximum absolute atomic E-state index is 12.3. The number of aliphatic hydroxyl groups is 1. The number of ether oxygens (including phenoxy) is 5. The lowest BCUT2D eigenvalue weighted by Crippen LogP contribution is -2.60. The van der Waals surface area contributed by atoms with Crippen LogP contribution in [0.3, 0.4) is 0 Å². The number of carbonyl (C=O) groups excluding carboxylic acids is 1. The van der Waals surface area contributed by atoms with Crippen molar-refractivity contribution in [2.24, 2.45) is 56.7 Å².